The van der Waals surface area contributed by atoms with Crippen LogP contribution in [0.2, 0.25) is 54.4 Å². The molecule has 0 saturated heterocycles. The van der Waals surface area contributed by atoms with E-state index in [1.54, 1.807) is 0 Å². The van der Waals surface area contributed by atoms with Crippen LogP contribution >= 0.6 is 15.3 Å². The van der Waals surface area contributed by atoms with Crippen LogP contribution in [0, 0.1) is 0 Å². The van der Waals surface area contributed by atoms with Crippen molar-refractivity contribution in [3.8, 4) is 0 Å². The quantitative estimate of drug-likeness (QED) is 0.283. The largest absolute Gasteiger partial charge is 0.165 e. The molecule has 0 nitrogen and oxygen atoms in total. The Morgan fingerprint density at radius 2 is 0.760 bits per heavy atom. The van der Waals surface area contributed by atoms with Crippen molar-refractivity contribution in [3.05, 3.63) is 9.64 Å². The molecule has 5 heteroatoms. The van der Waals surface area contributed by atoms with Crippen LogP contribution in [0.5, 0.6) is 0 Å². The Morgan fingerprint density at radius 3 is 0.880 bits per heavy atom. The summed E-state index contributed by atoms with van der Waals surface area (Å²) in [6.45, 7) is 38.8. The number of hydrogen-bond donors (Lipinski definition) is 0. The van der Waals surface area contributed by atoms with Gasteiger partial charge in [-0.15, -0.1) is 15.3 Å². The molecule has 0 spiro atoms. The molecule has 0 atom stereocenters. The first-order valence-electron chi connectivity index (χ1n) is 9.94. The van der Waals surface area contributed by atoms with Gasteiger partial charge in [-0.05, 0) is 15.1 Å². The minimum Gasteiger partial charge on any atom is -0.119 e. The second-order valence-electron chi connectivity index (χ2n) is 13.4. The van der Waals surface area contributed by atoms with Gasteiger partial charge in [0.05, 0.1) is 23.7 Å². The van der Waals surface area contributed by atoms with Crippen molar-refractivity contribution >= 4 is 45.2 Å². The summed E-state index contributed by atoms with van der Waals surface area (Å²) in [6.07, 6.45) is -1.71. The average Bonchev–Trinajstić information content (AvgIpc) is 2.76. The molecule has 0 aromatic carbocycles. The Bertz CT molecular complexity index is 509. The van der Waals surface area contributed by atoms with E-state index < -0.39 is 29.9 Å². The molecule has 1 rings (SSSR count). The smallest absolute Gasteiger partial charge is 0.119 e. The van der Waals surface area contributed by atoms with Crippen LogP contribution in [0.1, 0.15) is 62.3 Å². The molecule has 0 aromatic heterocycles. The SMILES string of the molecule is CC(C)(C)[Si](C(C)(C)C)(C(C)(C)C)[Si]1(Br)C([Si](C)(C)C)=C1[Si](C)(C)C. The van der Waals surface area contributed by atoms with Crippen LogP contribution in [0.3, 0.4) is 0 Å². The molecular formula is C20H45BrSi4. The van der Waals surface area contributed by atoms with Crippen molar-refractivity contribution < 1.29 is 0 Å². The van der Waals surface area contributed by atoms with Crippen molar-refractivity contribution in [3.63, 3.8) is 0 Å². The van der Waals surface area contributed by atoms with E-state index in [1.165, 1.54) is 0 Å². The second-order valence-corrected chi connectivity index (χ2v) is 43.0. The van der Waals surface area contributed by atoms with Gasteiger partial charge in [-0.3, -0.25) is 0 Å². The molecule has 0 N–H and O–H groups in total. The summed E-state index contributed by atoms with van der Waals surface area (Å²) in [7, 11) is -4.41. The normalized spacial score (nSPS) is 20.2. The molecule has 0 unspecified atom stereocenters. The first-order chi connectivity index (χ1) is 10.5. The van der Waals surface area contributed by atoms with Gasteiger partial charge in [0.1, 0.15) is 0 Å². The van der Waals surface area contributed by atoms with Crippen LogP contribution < -0.4 is 0 Å². The van der Waals surface area contributed by atoms with Crippen molar-refractivity contribution in [2.75, 3.05) is 0 Å². The summed E-state index contributed by atoms with van der Waals surface area (Å²) >= 11 is 4.72. The lowest BCUT2D eigenvalue weighted by Crippen LogP contribution is -2.71. The average molecular weight is 478 g/mol. The maximum Gasteiger partial charge on any atom is 0.165 e. The number of rotatable bonds is 3. The van der Waals surface area contributed by atoms with Crippen molar-refractivity contribution in [1.29, 1.82) is 0 Å². The van der Waals surface area contributed by atoms with E-state index in [4.69, 9.17) is 15.3 Å². The summed E-state index contributed by atoms with van der Waals surface area (Å²) in [5, 5.41) is 1.14. The minimum atomic E-state index is -1.79. The first-order valence-corrected chi connectivity index (χ1v) is 24.2. The van der Waals surface area contributed by atoms with Gasteiger partial charge >= 0.3 is 0 Å². The summed E-state index contributed by atoms with van der Waals surface area (Å²) < 4.78 is 0. The molecule has 148 valence electrons. The molecule has 1 aliphatic rings. The van der Waals surface area contributed by atoms with Crippen LogP contribution in [0.15, 0.2) is 9.64 Å². The Morgan fingerprint density at radius 1 is 0.560 bits per heavy atom. The zero-order chi connectivity index (χ0) is 20.7. The van der Waals surface area contributed by atoms with E-state index in [9.17, 15) is 0 Å². The molecule has 1 heterocycles. The fourth-order valence-corrected chi connectivity index (χ4v) is 87.6. The molecule has 0 saturated carbocycles. The third-order valence-corrected chi connectivity index (χ3v) is 49.5. The van der Waals surface area contributed by atoms with Gasteiger partial charge in [0.15, 0.2) is 6.21 Å². The molecule has 0 radical (unpaired) electrons. The molecule has 25 heavy (non-hydrogen) atoms. The van der Waals surface area contributed by atoms with Gasteiger partial charge in [-0.1, -0.05) is 111 Å². The topological polar surface area (TPSA) is 0 Å². The molecule has 0 aliphatic carbocycles. The van der Waals surface area contributed by atoms with Gasteiger partial charge < -0.3 is 0 Å². The van der Waals surface area contributed by atoms with Gasteiger partial charge in [-0.25, -0.2) is 0 Å². The van der Waals surface area contributed by atoms with Gasteiger partial charge in [-0.2, -0.15) is 0 Å². The molecule has 0 fully saturated rings. The first kappa shape index (κ1) is 24.1. The lowest BCUT2D eigenvalue weighted by molar-refractivity contribution is 0.555. The monoisotopic (exact) mass is 476 g/mol. The van der Waals surface area contributed by atoms with Gasteiger partial charge in [0.2, 0.25) is 0 Å². The minimum absolute atomic E-state index is 0.380. The van der Waals surface area contributed by atoms with Crippen LogP contribution in [-0.2, 0) is 0 Å². The lowest BCUT2D eigenvalue weighted by Gasteiger charge is -2.63. The van der Waals surface area contributed by atoms with Crippen molar-refractivity contribution in [2.24, 2.45) is 0 Å². The molecule has 0 bridgehead atoms. The predicted molar refractivity (Wildman–Crippen MR) is 133 cm³/mol. The third kappa shape index (κ3) is 3.36. The third-order valence-electron chi connectivity index (χ3n) is 6.27. The fourth-order valence-electron chi connectivity index (χ4n) is 7.34. The summed E-state index contributed by atoms with van der Waals surface area (Å²) in [6, 6.07) is 0. The fraction of sp³-hybridized carbons (Fsp3) is 0.900. The summed E-state index contributed by atoms with van der Waals surface area (Å²) in [4.78, 5) is 4.07. The van der Waals surface area contributed by atoms with E-state index in [-0.39, 0.29) is 0 Å². The van der Waals surface area contributed by atoms with Crippen molar-refractivity contribution in [1.82, 2.24) is 0 Å². The molecular weight excluding hydrogens is 432 g/mol. The van der Waals surface area contributed by atoms with E-state index >= 15 is 0 Å². The highest BCUT2D eigenvalue weighted by molar-refractivity contribution is 9.29. The number of halogens is 1. The Labute approximate surface area is 171 Å². The van der Waals surface area contributed by atoms with Gasteiger partial charge in [0, 0.05) is 0 Å². The van der Waals surface area contributed by atoms with Crippen molar-refractivity contribution in [2.45, 2.75) is 117 Å². The zero-order valence-corrected chi connectivity index (χ0v) is 25.5. The second kappa shape index (κ2) is 6.04. The zero-order valence-electron chi connectivity index (χ0n) is 19.9. The standard InChI is InChI=1S/C20H45BrSi4/c1-18(2,3)25(19(4,5)6,20(7,8)9)24(21)16(22(10,11)12)17(24)23(13,14)15/h1-15H3. The predicted octanol–water partition coefficient (Wildman–Crippen LogP) is 8.40. The lowest BCUT2D eigenvalue weighted by atomic mass is 10.2. The highest BCUT2D eigenvalue weighted by atomic mass is 79.9. The van der Waals surface area contributed by atoms with Gasteiger partial charge in [0.25, 0.3) is 0 Å². The molecule has 0 amide bonds. The van der Waals surface area contributed by atoms with E-state index in [0.29, 0.717) is 15.1 Å². The highest BCUT2D eigenvalue weighted by Crippen LogP contribution is 2.75. The van der Waals surface area contributed by atoms with E-state index in [2.05, 4.69) is 102 Å². The Balaban J connectivity index is 3.99. The molecule has 0 aromatic rings. The number of hydrogen-bond acceptors (Lipinski definition) is 0. The Kier molecular flexibility index (Phi) is 5.83. The Hall–Kier alpha value is 1.09. The summed E-state index contributed by atoms with van der Waals surface area (Å²) in [5.41, 5.74) is 0. The van der Waals surface area contributed by atoms with E-state index in [1.807, 2.05) is 9.64 Å². The maximum atomic E-state index is 4.72. The van der Waals surface area contributed by atoms with Crippen LogP contribution in [0.25, 0.3) is 0 Å². The molecule has 1 aliphatic heterocycles. The van der Waals surface area contributed by atoms with Crippen LogP contribution in [0.4, 0.5) is 0 Å². The van der Waals surface area contributed by atoms with Crippen LogP contribution in [-0.4, -0.2) is 29.9 Å². The highest BCUT2D eigenvalue weighted by Gasteiger charge is 2.80. The van der Waals surface area contributed by atoms with E-state index in [0.717, 1.165) is 0 Å². The summed E-state index contributed by atoms with van der Waals surface area (Å²) in [5.74, 6) is 0. The maximum absolute atomic E-state index is 4.72.